The fraction of sp³-hybridized carbons (Fsp3) is 0.350. The molecule has 6 nitrogen and oxygen atoms in total. The van der Waals surface area contributed by atoms with Crippen molar-refractivity contribution in [1.82, 2.24) is 9.62 Å². The van der Waals surface area contributed by atoms with Crippen LogP contribution in [0.2, 0.25) is 5.02 Å². The van der Waals surface area contributed by atoms with Crippen molar-refractivity contribution >= 4 is 27.5 Å². The van der Waals surface area contributed by atoms with Crippen LogP contribution in [0.25, 0.3) is 0 Å². The van der Waals surface area contributed by atoms with Gasteiger partial charge in [-0.25, -0.2) is 13.1 Å². The molecule has 0 saturated carbocycles. The Kier molecular flexibility index (Phi) is 7.86. The molecule has 0 aliphatic carbocycles. The zero-order chi connectivity index (χ0) is 20.7. The minimum absolute atomic E-state index is 0.000631. The van der Waals surface area contributed by atoms with Gasteiger partial charge in [0.15, 0.2) is 0 Å². The molecule has 0 aliphatic rings. The van der Waals surface area contributed by atoms with Gasteiger partial charge < -0.3 is 9.64 Å². The Hall–Kier alpha value is -2.09. The van der Waals surface area contributed by atoms with Gasteiger partial charge >= 0.3 is 0 Å². The number of hydrogen-bond acceptors (Lipinski definition) is 4. The van der Waals surface area contributed by atoms with Crippen molar-refractivity contribution in [2.24, 2.45) is 0 Å². The molecule has 1 amide bonds. The van der Waals surface area contributed by atoms with E-state index in [1.165, 1.54) is 17.0 Å². The molecular formula is C20H25ClN2O4S. The molecule has 2 rings (SSSR count). The molecule has 152 valence electrons. The van der Waals surface area contributed by atoms with E-state index in [0.29, 0.717) is 13.2 Å². The van der Waals surface area contributed by atoms with E-state index < -0.39 is 10.0 Å². The van der Waals surface area contributed by atoms with Gasteiger partial charge in [0.25, 0.3) is 0 Å². The van der Waals surface area contributed by atoms with Gasteiger partial charge in [-0.15, -0.1) is 0 Å². The molecule has 0 bridgehead atoms. The lowest BCUT2D eigenvalue weighted by Gasteiger charge is -2.18. The molecule has 0 unspecified atom stereocenters. The van der Waals surface area contributed by atoms with Crippen LogP contribution in [0.1, 0.15) is 17.5 Å². The Morgan fingerprint density at radius 3 is 2.43 bits per heavy atom. The first kappa shape index (κ1) is 22.2. The summed E-state index contributed by atoms with van der Waals surface area (Å²) in [6.45, 7) is 4.76. The largest absolute Gasteiger partial charge is 0.492 e. The molecule has 8 heteroatoms. The van der Waals surface area contributed by atoms with Gasteiger partial charge in [-0.3, -0.25) is 4.79 Å². The SMILES string of the molecule is Cc1cc(C)cc(OCCN(C)C(=O)CCNS(=O)(=O)c2ccccc2Cl)c1. The minimum Gasteiger partial charge on any atom is -0.492 e. The quantitative estimate of drug-likeness (QED) is 0.670. The van der Waals surface area contributed by atoms with E-state index in [1.807, 2.05) is 26.0 Å². The number of halogens is 1. The number of nitrogens with one attached hydrogen (secondary N) is 1. The van der Waals surface area contributed by atoms with Crippen LogP contribution >= 0.6 is 11.6 Å². The van der Waals surface area contributed by atoms with Crippen molar-refractivity contribution < 1.29 is 17.9 Å². The molecule has 0 heterocycles. The topological polar surface area (TPSA) is 75.7 Å². The monoisotopic (exact) mass is 424 g/mol. The highest BCUT2D eigenvalue weighted by Crippen LogP contribution is 2.20. The molecule has 0 saturated heterocycles. The Morgan fingerprint density at radius 2 is 1.79 bits per heavy atom. The molecule has 2 aromatic rings. The number of hydrogen-bond donors (Lipinski definition) is 1. The summed E-state index contributed by atoms with van der Waals surface area (Å²) >= 11 is 5.92. The summed E-state index contributed by atoms with van der Waals surface area (Å²) in [6.07, 6.45) is 0.0454. The molecular weight excluding hydrogens is 400 g/mol. The lowest BCUT2D eigenvalue weighted by molar-refractivity contribution is -0.130. The van der Waals surface area contributed by atoms with Gasteiger partial charge in [0.05, 0.1) is 11.6 Å². The van der Waals surface area contributed by atoms with Crippen LogP contribution in [0, 0.1) is 13.8 Å². The number of aryl methyl sites for hydroxylation is 2. The molecule has 0 radical (unpaired) electrons. The van der Waals surface area contributed by atoms with Crippen molar-refractivity contribution in [3.8, 4) is 5.75 Å². The maximum absolute atomic E-state index is 12.2. The number of likely N-dealkylation sites (N-methyl/N-ethyl adjacent to an activating group) is 1. The third kappa shape index (κ3) is 6.51. The summed E-state index contributed by atoms with van der Waals surface area (Å²) in [7, 11) is -2.09. The Bertz CT molecular complexity index is 911. The molecule has 0 aromatic heterocycles. The number of benzene rings is 2. The zero-order valence-corrected chi connectivity index (χ0v) is 17.8. The highest BCUT2D eigenvalue weighted by atomic mass is 35.5. The van der Waals surface area contributed by atoms with E-state index >= 15 is 0 Å². The zero-order valence-electron chi connectivity index (χ0n) is 16.2. The number of carbonyl (C=O) groups excluding carboxylic acids is 1. The molecule has 2 aromatic carbocycles. The van der Waals surface area contributed by atoms with Crippen molar-refractivity contribution in [3.63, 3.8) is 0 Å². The lowest BCUT2D eigenvalue weighted by Crippen LogP contribution is -2.34. The number of rotatable bonds is 9. The summed E-state index contributed by atoms with van der Waals surface area (Å²) in [4.78, 5) is 13.7. The number of ether oxygens (including phenoxy) is 1. The van der Waals surface area contributed by atoms with Crippen molar-refractivity contribution in [1.29, 1.82) is 0 Å². The average molecular weight is 425 g/mol. The molecule has 28 heavy (non-hydrogen) atoms. The van der Waals surface area contributed by atoms with Crippen molar-refractivity contribution in [3.05, 3.63) is 58.6 Å². The number of nitrogens with zero attached hydrogens (tertiary/aromatic N) is 1. The number of sulfonamides is 1. The first-order valence-corrected chi connectivity index (χ1v) is 10.7. The van der Waals surface area contributed by atoms with Gasteiger partial charge in [0.1, 0.15) is 17.3 Å². The van der Waals surface area contributed by atoms with Crippen LogP contribution in [0.5, 0.6) is 5.75 Å². The van der Waals surface area contributed by atoms with Crippen LogP contribution in [0.4, 0.5) is 0 Å². The van der Waals surface area contributed by atoms with Gasteiger partial charge in [0, 0.05) is 20.0 Å². The van der Waals surface area contributed by atoms with Gasteiger partial charge in [-0.2, -0.15) is 0 Å². The predicted octanol–water partition coefficient (Wildman–Crippen LogP) is 3.16. The molecule has 0 spiro atoms. The van der Waals surface area contributed by atoms with Crippen LogP contribution in [-0.4, -0.2) is 46.0 Å². The Balaban J connectivity index is 1.77. The average Bonchev–Trinajstić information content (AvgIpc) is 2.60. The maximum atomic E-state index is 12.2. The van der Waals surface area contributed by atoms with Crippen LogP contribution in [0.15, 0.2) is 47.4 Å². The Morgan fingerprint density at radius 1 is 1.14 bits per heavy atom. The molecule has 1 N–H and O–H groups in total. The second-order valence-electron chi connectivity index (χ2n) is 6.57. The molecule has 0 atom stereocenters. The highest BCUT2D eigenvalue weighted by Gasteiger charge is 2.18. The van der Waals surface area contributed by atoms with E-state index in [4.69, 9.17) is 16.3 Å². The third-order valence-corrected chi connectivity index (χ3v) is 6.03. The van der Waals surface area contributed by atoms with Crippen molar-refractivity contribution in [2.75, 3.05) is 26.7 Å². The van der Waals surface area contributed by atoms with Gasteiger partial charge in [-0.05, 0) is 49.2 Å². The smallest absolute Gasteiger partial charge is 0.242 e. The third-order valence-electron chi connectivity index (χ3n) is 4.07. The first-order valence-electron chi connectivity index (χ1n) is 8.88. The molecule has 0 fully saturated rings. The number of carbonyl (C=O) groups is 1. The van der Waals surface area contributed by atoms with Crippen LogP contribution in [0.3, 0.4) is 0 Å². The summed E-state index contributed by atoms with van der Waals surface area (Å²) in [5.74, 6) is 0.594. The number of amides is 1. The van der Waals surface area contributed by atoms with Crippen LogP contribution < -0.4 is 9.46 Å². The minimum atomic E-state index is -3.75. The summed E-state index contributed by atoms with van der Waals surface area (Å²) in [6, 6.07) is 12.1. The fourth-order valence-electron chi connectivity index (χ4n) is 2.66. The summed E-state index contributed by atoms with van der Waals surface area (Å²) in [5, 5.41) is 0.141. The summed E-state index contributed by atoms with van der Waals surface area (Å²) < 4.78 is 32.6. The van der Waals surface area contributed by atoms with E-state index in [9.17, 15) is 13.2 Å². The van der Waals surface area contributed by atoms with Gasteiger partial charge in [-0.1, -0.05) is 29.8 Å². The fourth-order valence-corrected chi connectivity index (χ4v) is 4.21. The van der Waals surface area contributed by atoms with E-state index in [2.05, 4.69) is 10.8 Å². The normalized spacial score (nSPS) is 11.3. The Labute approximate surface area is 171 Å². The summed E-state index contributed by atoms with van der Waals surface area (Å²) in [5.41, 5.74) is 2.23. The van der Waals surface area contributed by atoms with Crippen molar-refractivity contribution in [2.45, 2.75) is 25.2 Å². The second kappa shape index (κ2) is 9.91. The van der Waals surface area contributed by atoms with Gasteiger partial charge in [0.2, 0.25) is 15.9 Å². The van der Waals surface area contributed by atoms with E-state index in [-0.39, 0.29) is 28.8 Å². The second-order valence-corrected chi connectivity index (χ2v) is 8.71. The predicted molar refractivity (Wildman–Crippen MR) is 110 cm³/mol. The lowest BCUT2D eigenvalue weighted by atomic mass is 10.1. The first-order chi connectivity index (χ1) is 13.2. The maximum Gasteiger partial charge on any atom is 0.242 e. The molecule has 0 aliphatic heterocycles. The highest BCUT2D eigenvalue weighted by molar-refractivity contribution is 7.89. The van der Waals surface area contributed by atoms with E-state index in [0.717, 1.165) is 16.9 Å². The van der Waals surface area contributed by atoms with E-state index in [1.54, 1.807) is 19.2 Å². The van der Waals surface area contributed by atoms with Crippen LogP contribution in [-0.2, 0) is 14.8 Å². The standard InChI is InChI=1S/C20H25ClN2O4S/c1-15-12-16(2)14-17(13-15)27-11-10-23(3)20(24)8-9-22-28(25,26)19-7-5-4-6-18(19)21/h4-7,12-14,22H,8-11H2,1-3H3.